The van der Waals surface area contributed by atoms with Crippen molar-refractivity contribution >= 4 is 11.3 Å². The van der Waals surface area contributed by atoms with E-state index < -0.39 is 0 Å². The third kappa shape index (κ3) is 1.96. The number of para-hydroxylation sites is 1. The maximum atomic E-state index is 6.21. The zero-order valence-corrected chi connectivity index (χ0v) is 10.5. The van der Waals surface area contributed by atoms with Crippen molar-refractivity contribution in [2.45, 2.75) is 25.5 Å². The number of rotatable bonds is 1. The first-order valence-electron chi connectivity index (χ1n) is 5.81. The van der Waals surface area contributed by atoms with E-state index in [1.165, 1.54) is 9.75 Å². The van der Waals surface area contributed by atoms with Crippen LogP contribution in [0.3, 0.4) is 0 Å². The molecule has 88 valence electrons. The second-order valence-corrected chi connectivity index (χ2v) is 5.75. The first kappa shape index (κ1) is 10.8. The summed E-state index contributed by atoms with van der Waals surface area (Å²) in [6, 6.07) is 12.4. The van der Waals surface area contributed by atoms with Crippen molar-refractivity contribution in [2.75, 3.05) is 0 Å². The van der Waals surface area contributed by atoms with Gasteiger partial charge in [-0.1, -0.05) is 18.2 Å². The van der Waals surface area contributed by atoms with Gasteiger partial charge >= 0.3 is 0 Å². The van der Waals surface area contributed by atoms with Gasteiger partial charge in [-0.3, -0.25) is 0 Å². The Bertz CT molecular complexity index is 535. The van der Waals surface area contributed by atoms with Crippen LogP contribution in [-0.4, -0.2) is 0 Å². The van der Waals surface area contributed by atoms with Crippen molar-refractivity contribution in [1.29, 1.82) is 0 Å². The summed E-state index contributed by atoms with van der Waals surface area (Å²) in [5.41, 5.74) is 7.33. The van der Waals surface area contributed by atoms with E-state index in [2.05, 4.69) is 25.1 Å². The van der Waals surface area contributed by atoms with Gasteiger partial charge in [0.2, 0.25) is 0 Å². The van der Waals surface area contributed by atoms with Crippen molar-refractivity contribution in [1.82, 2.24) is 0 Å². The van der Waals surface area contributed by atoms with Crippen molar-refractivity contribution in [2.24, 2.45) is 5.73 Å². The molecule has 0 amide bonds. The Kier molecular flexibility index (Phi) is 2.65. The minimum Gasteiger partial charge on any atom is -0.484 e. The van der Waals surface area contributed by atoms with E-state index in [4.69, 9.17) is 10.5 Å². The molecule has 17 heavy (non-hydrogen) atoms. The summed E-state index contributed by atoms with van der Waals surface area (Å²) in [6.07, 6.45) is 0.968. The smallest absolute Gasteiger partial charge is 0.135 e. The van der Waals surface area contributed by atoms with Crippen LogP contribution in [0.5, 0.6) is 5.75 Å². The topological polar surface area (TPSA) is 35.2 Å². The predicted molar refractivity (Wildman–Crippen MR) is 70.4 cm³/mol. The molecule has 1 aliphatic rings. The molecule has 1 aliphatic heterocycles. The summed E-state index contributed by atoms with van der Waals surface area (Å²) in [5.74, 6) is 0.933. The lowest BCUT2D eigenvalue weighted by Crippen LogP contribution is -2.23. The van der Waals surface area contributed by atoms with E-state index in [9.17, 15) is 0 Å². The summed E-state index contributed by atoms with van der Waals surface area (Å²) < 4.78 is 6.03. The van der Waals surface area contributed by atoms with Crippen molar-refractivity contribution in [3.63, 3.8) is 0 Å². The van der Waals surface area contributed by atoms with Gasteiger partial charge in [0.1, 0.15) is 11.9 Å². The molecule has 2 heterocycles. The van der Waals surface area contributed by atoms with Crippen LogP contribution in [0.25, 0.3) is 0 Å². The van der Waals surface area contributed by atoms with Crippen LogP contribution >= 0.6 is 11.3 Å². The van der Waals surface area contributed by atoms with Crippen LogP contribution in [-0.2, 0) is 0 Å². The summed E-state index contributed by atoms with van der Waals surface area (Å²) in [6.45, 7) is 2.12. The molecule has 2 N–H and O–H groups in total. The van der Waals surface area contributed by atoms with Gasteiger partial charge in [0.05, 0.1) is 0 Å². The van der Waals surface area contributed by atoms with Gasteiger partial charge in [-0.25, -0.2) is 0 Å². The molecular weight excluding hydrogens is 230 g/mol. The molecule has 0 bridgehead atoms. The highest BCUT2D eigenvalue weighted by molar-refractivity contribution is 7.12. The van der Waals surface area contributed by atoms with Crippen LogP contribution in [0.2, 0.25) is 0 Å². The molecule has 0 aliphatic carbocycles. The highest BCUT2D eigenvalue weighted by Gasteiger charge is 2.27. The molecule has 2 aromatic rings. The predicted octanol–water partition coefficient (Wildman–Crippen LogP) is 3.58. The Morgan fingerprint density at radius 1 is 1.24 bits per heavy atom. The van der Waals surface area contributed by atoms with Crippen molar-refractivity contribution in [3.8, 4) is 5.75 Å². The second kappa shape index (κ2) is 4.17. The monoisotopic (exact) mass is 245 g/mol. The van der Waals surface area contributed by atoms with E-state index in [0.29, 0.717) is 0 Å². The van der Waals surface area contributed by atoms with Crippen LogP contribution in [0.4, 0.5) is 0 Å². The molecule has 1 aromatic heterocycles. The molecule has 0 saturated heterocycles. The third-order valence-corrected chi connectivity index (χ3v) is 4.23. The van der Waals surface area contributed by atoms with Crippen molar-refractivity contribution in [3.05, 3.63) is 51.7 Å². The zero-order chi connectivity index (χ0) is 11.8. The summed E-state index contributed by atoms with van der Waals surface area (Å²) in [7, 11) is 0. The molecule has 0 saturated carbocycles. The molecule has 0 radical (unpaired) electrons. The average molecular weight is 245 g/mol. The summed E-state index contributed by atoms with van der Waals surface area (Å²) in [5, 5.41) is 0. The minimum atomic E-state index is 0.0763. The number of hydrogen-bond acceptors (Lipinski definition) is 3. The highest BCUT2D eigenvalue weighted by atomic mass is 32.1. The Morgan fingerprint density at radius 2 is 2.06 bits per heavy atom. The van der Waals surface area contributed by atoms with Gasteiger partial charge in [0, 0.05) is 27.8 Å². The lowest BCUT2D eigenvalue weighted by molar-refractivity contribution is 0.165. The number of hydrogen-bond donors (Lipinski definition) is 1. The van der Waals surface area contributed by atoms with E-state index in [-0.39, 0.29) is 12.1 Å². The lowest BCUT2D eigenvalue weighted by atomic mass is 9.97. The number of fused-ring (bicyclic) bond motifs is 1. The van der Waals surface area contributed by atoms with Crippen LogP contribution < -0.4 is 10.5 Å². The lowest BCUT2D eigenvalue weighted by Gasteiger charge is -2.29. The first-order chi connectivity index (χ1) is 8.24. The summed E-state index contributed by atoms with van der Waals surface area (Å²) >= 11 is 1.79. The average Bonchev–Trinajstić information content (AvgIpc) is 2.76. The number of thiophene rings is 1. The van der Waals surface area contributed by atoms with E-state index in [1.54, 1.807) is 11.3 Å². The number of nitrogens with two attached hydrogens (primary N) is 1. The van der Waals surface area contributed by atoms with Gasteiger partial charge in [0.15, 0.2) is 0 Å². The minimum absolute atomic E-state index is 0.0763. The summed E-state index contributed by atoms with van der Waals surface area (Å²) in [4.78, 5) is 2.59. The SMILES string of the molecule is Cc1ccc(C2C[C@H](N)c3ccccc3O2)s1. The van der Waals surface area contributed by atoms with E-state index in [0.717, 1.165) is 17.7 Å². The molecule has 1 unspecified atom stereocenters. The van der Waals surface area contributed by atoms with Gasteiger partial charge in [-0.15, -0.1) is 11.3 Å². The maximum absolute atomic E-state index is 6.21. The van der Waals surface area contributed by atoms with Crippen LogP contribution in [0.15, 0.2) is 36.4 Å². The van der Waals surface area contributed by atoms with Gasteiger partial charge in [0.25, 0.3) is 0 Å². The molecule has 0 fully saturated rings. The fourth-order valence-electron chi connectivity index (χ4n) is 2.25. The third-order valence-electron chi connectivity index (χ3n) is 3.13. The quantitative estimate of drug-likeness (QED) is 0.833. The normalized spacial score (nSPS) is 22.9. The molecule has 3 heteroatoms. The van der Waals surface area contributed by atoms with Crippen LogP contribution in [0.1, 0.15) is 33.9 Å². The fourth-order valence-corrected chi connectivity index (χ4v) is 3.17. The van der Waals surface area contributed by atoms with E-state index in [1.807, 2.05) is 18.2 Å². The van der Waals surface area contributed by atoms with Gasteiger partial charge in [-0.05, 0) is 25.1 Å². The molecule has 0 spiro atoms. The molecule has 2 atom stereocenters. The number of benzene rings is 1. The molecule has 3 rings (SSSR count). The highest BCUT2D eigenvalue weighted by Crippen LogP contribution is 2.41. The Hall–Kier alpha value is -1.32. The van der Waals surface area contributed by atoms with Gasteiger partial charge < -0.3 is 10.5 Å². The number of ether oxygens (including phenoxy) is 1. The molecule has 2 nitrogen and oxygen atoms in total. The van der Waals surface area contributed by atoms with Gasteiger partial charge in [-0.2, -0.15) is 0 Å². The first-order valence-corrected chi connectivity index (χ1v) is 6.63. The zero-order valence-electron chi connectivity index (χ0n) is 9.72. The van der Waals surface area contributed by atoms with Crippen LogP contribution in [0, 0.1) is 6.92 Å². The second-order valence-electron chi connectivity index (χ2n) is 4.43. The fraction of sp³-hybridized carbons (Fsp3) is 0.286. The van der Waals surface area contributed by atoms with Crippen molar-refractivity contribution < 1.29 is 4.74 Å². The molecular formula is C14H15NOS. The largest absolute Gasteiger partial charge is 0.484 e. The standard InChI is InChI=1S/C14H15NOS/c1-9-6-7-14(17-9)13-8-11(15)10-4-2-3-5-12(10)16-13/h2-7,11,13H,8,15H2,1H3/t11-,13?/m0/s1. The maximum Gasteiger partial charge on any atom is 0.135 e. The number of aryl methyl sites for hydroxylation is 1. The Balaban J connectivity index is 1.93. The Morgan fingerprint density at radius 3 is 2.82 bits per heavy atom. The van der Waals surface area contributed by atoms with E-state index >= 15 is 0 Å². The Labute approximate surface area is 105 Å². The molecule has 1 aromatic carbocycles.